The van der Waals surface area contributed by atoms with Crippen LogP contribution in [0.2, 0.25) is 0 Å². The molecular formula is C21H26N2O5. The number of para-hydroxylation sites is 2. The van der Waals surface area contributed by atoms with Crippen LogP contribution in [0.4, 0.5) is 5.69 Å². The predicted octanol–water partition coefficient (Wildman–Crippen LogP) is 2.44. The van der Waals surface area contributed by atoms with Gasteiger partial charge in [-0.05, 0) is 12.1 Å². The van der Waals surface area contributed by atoms with Gasteiger partial charge in [0.15, 0.2) is 6.61 Å². The summed E-state index contributed by atoms with van der Waals surface area (Å²) < 4.78 is 21.5. The van der Waals surface area contributed by atoms with Gasteiger partial charge in [0.1, 0.15) is 23.0 Å². The van der Waals surface area contributed by atoms with Crippen LogP contribution < -0.4 is 23.8 Å². The van der Waals surface area contributed by atoms with Crippen LogP contribution in [0.1, 0.15) is 0 Å². The van der Waals surface area contributed by atoms with Crippen LogP contribution in [0, 0.1) is 0 Å². The highest BCUT2D eigenvalue weighted by molar-refractivity contribution is 5.78. The third kappa shape index (κ3) is 4.60. The summed E-state index contributed by atoms with van der Waals surface area (Å²) in [7, 11) is 4.82. The van der Waals surface area contributed by atoms with Gasteiger partial charge in [-0.15, -0.1) is 0 Å². The van der Waals surface area contributed by atoms with Crippen molar-refractivity contribution in [3.05, 3.63) is 42.5 Å². The van der Waals surface area contributed by atoms with Gasteiger partial charge in [0.05, 0.1) is 27.0 Å². The molecule has 0 atom stereocenters. The zero-order chi connectivity index (χ0) is 19.9. The molecule has 1 fully saturated rings. The molecule has 7 heteroatoms. The molecule has 0 N–H and O–H groups in total. The van der Waals surface area contributed by atoms with Crippen LogP contribution in [-0.4, -0.2) is 64.9 Å². The van der Waals surface area contributed by atoms with Gasteiger partial charge in [-0.1, -0.05) is 12.1 Å². The molecule has 1 aliphatic heterocycles. The number of hydrogen-bond donors (Lipinski definition) is 0. The fourth-order valence-electron chi connectivity index (χ4n) is 3.19. The van der Waals surface area contributed by atoms with Crippen LogP contribution in [-0.2, 0) is 4.79 Å². The second kappa shape index (κ2) is 9.21. The van der Waals surface area contributed by atoms with Crippen LogP contribution in [0.25, 0.3) is 0 Å². The fourth-order valence-corrected chi connectivity index (χ4v) is 3.19. The van der Waals surface area contributed by atoms with Gasteiger partial charge in [-0.3, -0.25) is 4.79 Å². The molecule has 0 radical (unpaired) electrons. The van der Waals surface area contributed by atoms with Crippen LogP contribution >= 0.6 is 0 Å². The third-order valence-electron chi connectivity index (χ3n) is 4.75. The minimum absolute atomic E-state index is 0.0228. The van der Waals surface area contributed by atoms with E-state index in [0.717, 1.165) is 24.5 Å². The van der Waals surface area contributed by atoms with E-state index in [0.29, 0.717) is 30.3 Å². The number of ether oxygens (including phenoxy) is 4. The molecule has 0 aliphatic carbocycles. The van der Waals surface area contributed by atoms with Crippen LogP contribution in [0.5, 0.6) is 23.0 Å². The monoisotopic (exact) mass is 386 g/mol. The molecule has 1 saturated heterocycles. The first-order valence-corrected chi connectivity index (χ1v) is 9.16. The van der Waals surface area contributed by atoms with Crippen molar-refractivity contribution in [1.82, 2.24) is 4.90 Å². The molecule has 1 amide bonds. The van der Waals surface area contributed by atoms with E-state index in [-0.39, 0.29) is 12.5 Å². The lowest BCUT2D eigenvalue weighted by molar-refractivity contribution is -0.133. The van der Waals surface area contributed by atoms with Crippen molar-refractivity contribution < 1.29 is 23.7 Å². The van der Waals surface area contributed by atoms with E-state index in [4.69, 9.17) is 18.9 Å². The van der Waals surface area contributed by atoms with Crippen molar-refractivity contribution in [2.75, 3.05) is 59.0 Å². The van der Waals surface area contributed by atoms with Gasteiger partial charge in [0.25, 0.3) is 5.91 Å². The maximum atomic E-state index is 12.5. The molecule has 0 aromatic heterocycles. The Bertz CT molecular complexity index is 781. The Morgan fingerprint density at radius 2 is 1.46 bits per heavy atom. The normalized spacial score (nSPS) is 13.8. The van der Waals surface area contributed by atoms with Crippen LogP contribution in [0.3, 0.4) is 0 Å². The van der Waals surface area contributed by atoms with Gasteiger partial charge in [-0.25, -0.2) is 0 Å². The summed E-state index contributed by atoms with van der Waals surface area (Å²) in [4.78, 5) is 16.6. The molecule has 150 valence electrons. The maximum absolute atomic E-state index is 12.5. The van der Waals surface area contributed by atoms with Crippen molar-refractivity contribution in [2.45, 2.75) is 0 Å². The van der Waals surface area contributed by atoms with E-state index in [1.807, 2.05) is 29.2 Å². The number of benzene rings is 2. The molecule has 2 aromatic carbocycles. The summed E-state index contributed by atoms with van der Waals surface area (Å²) >= 11 is 0. The van der Waals surface area contributed by atoms with Crippen LogP contribution in [0.15, 0.2) is 42.5 Å². The minimum atomic E-state index is -0.0403. The molecule has 0 spiro atoms. The molecule has 3 rings (SSSR count). The second-order valence-electron chi connectivity index (χ2n) is 6.38. The number of anilines is 1. The molecule has 0 unspecified atom stereocenters. The van der Waals surface area contributed by atoms with Crippen molar-refractivity contribution >= 4 is 11.6 Å². The van der Waals surface area contributed by atoms with Gasteiger partial charge < -0.3 is 28.7 Å². The first-order chi connectivity index (χ1) is 13.6. The molecule has 1 aliphatic rings. The van der Waals surface area contributed by atoms with Crippen molar-refractivity contribution in [3.8, 4) is 23.0 Å². The predicted molar refractivity (Wildman–Crippen MR) is 107 cm³/mol. The first kappa shape index (κ1) is 19.7. The largest absolute Gasteiger partial charge is 0.496 e. The number of rotatable bonds is 7. The Kier molecular flexibility index (Phi) is 6.47. The average Bonchev–Trinajstić information content (AvgIpc) is 2.77. The van der Waals surface area contributed by atoms with E-state index < -0.39 is 0 Å². The zero-order valence-electron chi connectivity index (χ0n) is 16.5. The number of piperazine rings is 1. The smallest absolute Gasteiger partial charge is 0.260 e. The lowest BCUT2D eigenvalue weighted by Gasteiger charge is -2.36. The van der Waals surface area contributed by atoms with Gasteiger partial charge >= 0.3 is 0 Å². The summed E-state index contributed by atoms with van der Waals surface area (Å²) in [6.07, 6.45) is 0. The van der Waals surface area contributed by atoms with E-state index in [2.05, 4.69) is 4.90 Å². The summed E-state index contributed by atoms with van der Waals surface area (Å²) in [6.45, 7) is 2.76. The second-order valence-corrected chi connectivity index (χ2v) is 6.38. The summed E-state index contributed by atoms with van der Waals surface area (Å²) in [5, 5.41) is 0. The Balaban J connectivity index is 1.54. The van der Waals surface area contributed by atoms with Crippen molar-refractivity contribution in [2.24, 2.45) is 0 Å². The molecule has 7 nitrogen and oxygen atoms in total. The highest BCUT2D eigenvalue weighted by Crippen LogP contribution is 2.29. The van der Waals surface area contributed by atoms with Gasteiger partial charge in [0, 0.05) is 44.4 Å². The summed E-state index contributed by atoms with van der Waals surface area (Å²) in [5.41, 5.74) is 1.05. The number of methoxy groups -OCH3 is 3. The Morgan fingerprint density at radius 3 is 2.07 bits per heavy atom. The Labute approximate surface area is 165 Å². The summed E-state index contributed by atoms with van der Waals surface area (Å²) in [5.74, 6) is 2.58. The molecule has 28 heavy (non-hydrogen) atoms. The highest BCUT2D eigenvalue weighted by Gasteiger charge is 2.23. The molecule has 1 heterocycles. The van der Waals surface area contributed by atoms with E-state index in [1.54, 1.807) is 39.5 Å². The fraction of sp³-hybridized carbons (Fsp3) is 0.381. The van der Waals surface area contributed by atoms with Crippen molar-refractivity contribution in [3.63, 3.8) is 0 Å². The average molecular weight is 386 g/mol. The first-order valence-electron chi connectivity index (χ1n) is 9.16. The lowest BCUT2D eigenvalue weighted by Crippen LogP contribution is -2.50. The number of nitrogens with zero attached hydrogens (tertiary/aromatic N) is 2. The molecule has 2 aromatic rings. The standard InChI is InChI=1S/C21H26N2O5/c1-25-16-12-17(26-2)14-18(13-16)28-15-21(24)23-10-8-22(9-11-23)19-6-4-5-7-20(19)27-3/h4-7,12-14H,8-11,15H2,1-3H3. The number of hydrogen-bond acceptors (Lipinski definition) is 6. The number of amides is 1. The maximum Gasteiger partial charge on any atom is 0.260 e. The minimum Gasteiger partial charge on any atom is -0.496 e. The Hall–Kier alpha value is -3.09. The van der Waals surface area contributed by atoms with Gasteiger partial charge in [-0.2, -0.15) is 0 Å². The third-order valence-corrected chi connectivity index (χ3v) is 4.75. The highest BCUT2D eigenvalue weighted by atomic mass is 16.5. The quantitative estimate of drug-likeness (QED) is 0.729. The summed E-state index contributed by atoms with van der Waals surface area (Å²) in [6, 6.07) is 13.1. The molecular weight excluding hydrogens is 360 g/mol. The van der Waals surface area contributed by atoms with E-state index in [1.165, 1.54) is 0 Å². The number of carbonyl (C=O) groups is 1. The number of carbonyl (C=O) groups excluding carboxylic acids is 1. The van der Waals surface area contributed by atoms with Crippen molar-refractivity contribution in [1.29, 1.82) is 0 Å². The topological polar surface area (TPSA) is 60.5 Å². The van der Waals surface area contributed by atoms with Gasteiger partial charge in [0.2, 0.25) is 0 Å². The lowest BCUT2D eigenvalue weighted by atomic mass is 10.2. The van der Waals surface area contributed by atoms with E-state index >= 15 is 0 Å². The zero-order valence-corrected chi connectivity index (χ0v) is 16.5. The Morgan fingerprint density at radius 1 is 0.857 bits per heavy atom. The molecule has 0 bridgehead atoms. The molecule has 0 saturated carbocycles. The van der Waals surface area contributed by atoms with E-state index in [9.17, 15) is 4.79 Å². The SMILES string of the molecule is COc1cc(OC)cc(OCC(=O)N2CCN(c3ccccc3OC)CC2)c1.